The van der Waals surface area contributed by atoms with Crippen LogP contribution in [0.5, 0.6) is 0 Å². The molecule has 28 heavy (non-hydrogen) atoms. The molecule has 0 spiro atoms. The van der Waals surface area contributed by atoms with Crippen molar-refractivity contribution < 1.29 is 18.7 Å². The topological polar surface area (TPSA) is 75.0 Å². The summed E-state index contributed by atoms with van der Waals surface area (Å²) in [5.74, 6) is 2.02. The largest absolute Gasteiger partial charge is 0.469 e. The number of furan rings is 1. The van der Waals surface area contributed by atoms with Crippen molar-refractivity contribution in [1.82, 2.24) is 15.1 Å². The van der Waals surface area contributed by atoms with Crippen LogP contribution in [0.4, 0.5) is 0 Å². The monoisotopic (exact) mass is 389 g/mol. The first-order chi connectivity index (χ1) is 13.6. The number of hydrogen-bond donors (Lipinski definition) is 1. The number of nitrogens with zero attached hydrogens (tertiary/aromatic N) is 2. The highest BCUT2D eigenvalue weighted by Gasteiger charge is 2.31. The van der Waals surface area contributed by atoms with E-state index in [2.05, 4.69) is 10.2 Å². The molecule has 7 nitrogen and oxygen atoms in total. The molecule has 2 saturated heterocycles. The molecule has 1 N–H and O–H groups in total. The number of aryl methyl sites for hydroxylation is 1. The smallest absolute Gasteiger partial charge is 0.254 e. The van der Waals surface area contributed by atoms with Crippen molar-refractivity contribution in [2.45, 2.75) is 38.7 Å². The fourth-order valence-corrected chi connectivity index (χ4v) is 4.23. The molecule has 154 valence electrons. The van der Waals surface area contributed by atoms with E-state index < -0.39 is 0 Å². The SMILES string of the molecule is Cc1occc1C(=O)NC[C@H]1CN(CC2CCN(CC3CC3)CC2)C(=O)CO1. The third-order valence-electron chi connectivity index (χ3n) is 6.21. The van der Waals surface area contributed by atoms with Gasteiger partial charge >= 0.3 is 0 Å². The summed E-state index contributed by atoms with van der Waals surface area (Å²) in [6, 6.07) is 1.66. The van der Waals surface area contributed by atoms with Crippen molar-refractivity contribution in [3.8, 4) is 0 Å². The lowest BCUT2D eigenvalue weighted by Crippen LogP contribution is -2.52. The van der Waals surface area contributed by atoms with Crippen molar-refractivity contribution in [2.24, 2.45) is 11.8 Å². The van der Waals surface area contributed by atoms with Gasteiger partial charge in [0.2, 0.25) is 5.91 Å². The first-order valence-electron chi connectivity index (χ1n) is 10.5. The molecule has 7 heteroatoms. The Hall–Kier alpha value is -1.86. The van der Waals surface area contributed by atoms with Gasteiger partial charge in [-0.25, -0.2) is 0 Å². The van der Waals surface area contributed by atoms with E-state index in [9.17, 15) is 9.59 Å². The molecule has 3 heterocycles. The van der Waals surface area contributed by atoms with E-state index >= 15 is 0 Å². The summed E-state index contributed by atoms with van der Waals surface area (Å²) in [6.45, 7) is 7.20. The predicted octanol–water partition coefficient (Wildman–Crippen LogP) is 1.67. The molecule has 1 aliphatic carbocycles. The van der Waals surface area contributed by atoms with Crippen LogP contribution in [-0.4, -0.2) is 73.6 Å². The van der Waals surface area contributed by atoms with Gasteiger partial charge in [0, 0.05) is 26.2 Å². The van der Waals surface area contributed by atoms with Gasteiger partial charge in [-0.1, -0.05) is 0 Å². The van der Waals surface area contributed by atoms with Crippen LogP contribution in [0.25, 0.3) is 0 Å². The molecule has 0 bridgehead atoms. The summed E-state index contributed by atoms with van der Waals surface area (Å²) in [6.07, 6.45) is 6.49. The Bertz CT molecular complexity index is 692. The number of rotatable bonds is 7. The summed E-state index contributed by atoms with van der Waals surface area (Å²) in [7, 11) is 0. The van der Waals surface area contributed by atoms with E-state index in [0.717, 1.165) is 25.6 Å². The third kappa shape index (κ3) is 4.94. The van der Waals surface area contributed by atoms with Gasteiger partial charge in [-0.3, -0.25) is 9.59 Å². The van der Waals surface area contributed by atoms with E-state index in [1.165, 1.54) is 38.5 Å². The van der Waals surface area contributed by atoms with E-state index in [1.807, 2.05) is 4.90 Å². The van der Waals surface area contributed by atoms with Crippen LogP contribution in [0.15, 0.2) is 16.7 Å². The third-order valence-corrected chi connectivity index (χ3v) is 6.21. The molecule has 2 aliphatic heterocycles. The standard InChI is InChI=1S/C21H31N3O4/c1-15-19(6-9-27-15)21(26)22-10-18-13-24(20(25)14-28-18)12-17-4-7-23(8-5-17)11-16-2-3-16/h6,9,16-18H,2-5,7-8,10-14H2,1H3,(H,22,26)/t18-/m0/s1. The first kappa shape index (κ1) is 19.5. The summed E-state index contributed by atoms with van der Waals surface area (Å²) in [5.41, 5.74) is 0.543. The van der Waals surface area contributed by atoms with Crippen LogP contribution in [-0.2, 0) is 9.53 Å². The zero-order valence-corrected chi connectivity index (χ0v) is 16.7. The van der Waals surface area contributed by atoms with Gasteiger partial charge in [0.25, 0.3) is 5.91 Å². The van der Waals surface area contributed by atoms with E-state index in [1.54, 1.807) is 13.0 Å². The minimum atomic E-state index is -0.165. The highest BCUT2D eigenvalue weighted by molar-refractivity contribution is 5.95. The molecular weight excluding hydrogens is 358 g/mol. The maximum Gasteiger partial charge on any atom is 0.254 e. The van der Waals surface area contributed by atoms with Gasteiger partial charge in [-0.05, 0) is 63.6 Å². The van der Waals surface area contributed by atoms with Crippen LogP contribution >= 0.6 is 0 Å². The number of likely N-dealkylation sites (tertiary alicyclic amines) is 1. The maximum absolute atomic E-state index is 12.3. The number of piperidine rings is 1. The Morgan fingerprint density at radius 1 is 1.18 bits per heavy atom. The molecule has 1 saturated carbocycles. The van der Waals surface area contributed by atoms with Gasteiger partial charge in [0.15, 0.2) is 0 Å². The Morgan fingerprint density at radius 3 is 2.61 bits per heavy atom. The average Bonchev–Trinajstić information content (AvgIpc) is 3.41. The van der Waals surface area contributed by atoms with Gasteiger partial charge in [-0.2, -0.15) is 0 Å². The summed E-state index contributed by atoms with van der Waals surface area (Å²) < 4.78 is 10.8. The quantitative estimate of drug-likeness (QED) is 0.768. The number of nitrogens with one attached hydrogen (secondary N) is 1. The molecule has 3 fully saturated rings. The van der Waals surface area contributed by atoms with Gasteiger partial charge < -0.3 is 24.3 Å². The van der Waals surface area contributed by atoms with Crippen molar-refractivity contribution in [3.63, 3.8) is 0 Å². The number of morpholine rings is 1. The first-order valence-corrected chi connectivity index (χ1v) is 10.5. The van der Waals surface area contributed by atoms with Crippen molar-refractivity contribution >= 4 is 11.8 Å². The summed E-state index contributed by atoms with van der Waals surface area (Å²) in [5, 5.41) is 2.90. The van der Waals surface area contributed by atoms with Crippen molar-refractivity contribution in [3.05, 3.63) is 23.7 Å². The number of carbonyl (C=O) groups excluding carboxylic acids is 2. The Morgan fingerprint density at radius 2 is 1.93 bits per heavy atom. The van der Waals surface area contributed by atoms with Crippen molar-refractivity contribution in [1.29, 1.82) is 0 Å². The van der Waals surface area contributed by atoms with E-state index in [0.29, 0.717) is 30.3 Å². The normalized spacial score (nSPS) is 24.5. The van der Waals surface area contributed by atoms with Crippen molar-refractivity contribution in [2.75, 3.05) is 45.9 Å². The molecule has 0 radical (unpaired) electrons. The zero-order chi connectivity index (χ0) is 19.5. The molecule has 1 aromatic rings. The second-order valence-corrected chi connectivity index (χ2v) is 8.52. The zero-order valence-electron chi connectivity index (χ0n) is 16.7. The number of amides is 2. The van der Waals surface area contributed by atoms with Crippen LogP contribution in [0.2, 0.25) is 0 Å². The van der Waals surface area contributed by atoms with E-state index in [-0.39, 0.29) is 24.5 Å². The van der Waals surface area contributed by atoms with Crippen LogP contribution in [0, 0.1) is 18.8 Å². The van der Waals surface area contributed by atoms with Gasteiger partial charge in [0.05, 0.1) is 17.9 Å². The Labute approximate surface area is 166 Å². The lowest BCUT2D eigenvalue weighted by Gasteiger charge is -2.38. The highest BCUT2D eigenvalue weighted by atomic mass is 16.5. The molecule has 3 aliphatic rings. The highest BCUT2D eigenvalue weighted by Crippen LogP contribution is 2.31. The van der Waals surface area contributed by atoms with Gasteiger partial charge in [0.1, 0.15) is 12.4 Å². The Balaban J connectivity index is 1.21. The summed E-state index contributed by atoms with van der Waals surface area (Å²) >= 11 is 0. The van der Waals surface area contributed by atoms with Crippen LogP contribution in [0.1, 0.15) is 41.8 Å². The minimum absolute atomic E-state index is 0.0636. The van der Waals surface area contributed by atoms with E-state index in [4.69, 9.17) is 9.15 Å². The molecule has 1 aromatic heterocycles. The summed E-state index contributed by atoms with van der Waals surface area (Å²) in [4.78, 5) is 29.0. The fourth-order valence-electron chi connectivity index (χ4n) is 4.23. The molecular formula is C21H31N3O4. The lowest BCUT2D eigenvalue weighted by atomic mass is 9.95. The predicted molar refractivity (Wildman–Crippen MR) is 104 cm³/mol. The second-order valence-electron chi connectivity index (χ2n) is 8.52. The van der Waals surface area contributed by atoms with Crippen LogP contribution < -0.4 is 5.32 Å². The number of carbonyl (C=O) groups is 2. The Kier molecular flexibility index (Phi) is 6.01. The van der Waals surface area contributed by atoms with Crippen LogP contribution in [0.3, 0.4) is 0 Å². The second kappa shape index (κ2) is 8.66. The molecule has 1 atom stereocenters. The minimum Gasteiger partial charge on any atom is -0.469 e. The molecule has 2 amide bonds. The average molecular weight is 389 g/mol. The van der Waals surface area contributed by atoms with Gasteiger partial charge in [-0.15, -0.1) is 0 Å². The number of ether oxygens (including phenoxy) is 1. The maximum atomic E-state index is 12.3. The molecule has 4 rings (SSSR count). The molecule has 0 aromatic carbocycles. The lowest BCUT2D eigenvalue weighted by molar-refractivity contribution is -0.149. The molecule has 0 unspecified atom stereocenters. The fraction of sp³-hybridized carbons (Fsp3) is 0.714. The number of hydrogen-bond acceptors (Lipinski definition) is 5.